The Hall–Kier alpha value is -3.61. The molecule has 3 aromatic rings. The second-order valence-electron chi connectivity index (χ2n) is 6.77. The van der Waals surface area contributed by atoms with Crippen molar-refractivity contribution in [1.82, 2.24) is 19.7 Å². The van der Waals surface area contributed by atoms with Crippen molar-refractivity contribution in [2.24, 2.45) is 0 Å². The maximum atomic E-state index is 12.2. The second kappa shape index (κ2) is 7.91. The molecule has 1 N–H and O–H groups in total. The van der Waals surface area contributed by atoms with Crippen LogP contribution in [0.15, 0.2) is 39.9 Å². The number of halogens is 2. The van der Waals surface area contributed by atoms with E-state index in [-0.39, 0.29) is 27.4 Å². The molecule has 0 saturated heterocycles. The molecule has 2 heterocycles. The number of aromatic amines is 1. The van der Waals surface area contributed by atoms with Crippen LogP contribution in [0, 0.1) is 11.3 Å². The molecule has 0 radical (unpaired) electrons. The van der Waals surface area contributed by atoms with E-state index in [2.05, 4.69) is 5.10 Å². The van der Waals surface area contributed by atoms with Crippen LogP contribution in [0.4, 0.5) is 0 Å². The van der Waals surface area contributed by atoms with Crippen LogP contribution >= 0.6 is 23.2 Å². The lowest BCUT2D eigenvalue weighted by Crippen LogP contribution is -2.34. The molecule has 4 rings (SSSR count). The number of likely N-dealkylation sites (N-methyl/N-ethyl adjacent to an activating group) is 1. The SMILES string of the molecule is CN1CCc2cc(Oc3c(Cl)cc(-n4nc(C#N)c(=O)[nH]c4=O)cc3Cl)ccc2C1=O. The van der Waals surface area contributed by atoms with E-state index >= 15 is 0 Å². The van der Waals surface area contributed by atoms with Crippen molar-refractivity contribution < 1.29 is 9.53 Å². The minimum absolute atomic E-state index is 0.0520. The normalized spacial score (nSPS) is 13.0. The molecule has 9 nitrogen and oxygen atoms in total. The standard InChI is InChI=1S/C20H13Cl2N5O4/c1-26-5-4-10-6-12(2-3-13(10)19(26)29)31-17-14(21)7-11(8-15(17)22)27-20(30)24-18(28)16(9-23)25-27/h2-3,6-8H,4-5H2,1H3,(H,24,28,30). The minimum atomic E-state index is -0.891. The van der Waals surface area contributed by atoms with Crippen LogP contribution in [-0.2, 0) is 6.42 Å². The Balaban J connectivity index is 1.70. The van der Waals surface area contributed by atoms with Gasteiger partial charge in [0.05, 0.1) is 15.7 Å². The molecule has 0 aliphatic carbocycles. The van der Waals surface area contributed by atoms with Gasteiger partial charge >= 0.3 is 5.69 Å². The van der Waals surface area contributed by atoms with E-state index in [1.807, 2.05) is 4.98 Å². The fourth-order valence-corrected chi connectivity index (χ4v) is 3.73. The molecular weight excluding hydrogens is 445 g/mol. The Morgan fingerprint density at radius 3 is 2.55 bits per heavy atom. The number of carbonyl (C=O) groups excluding carboxylic acids is 1. The van der Waals surface area contributed by atoms with Gasteiger partial charge < -0.3 is 9.64 Å². The minimum Gasteiger partial charge on any atom is -0.454 e. The number of nitriles is 1. The Kier molecular flexibility index (Phi) is 5.27. The first-order valence-electron chi connectivity index (χ1n) is 8.98. The molecule has 1 aromatic heterocycles. The smallest absolute Gasteiger partial charge is 0.349 e. The summed E-state index contributed by atoms with van der Waals surface area (Å²) in [5.41, 5.74) is -0.615. The summed E-state index contributed by atoms with van der Waals surface area (Å²) in [5.74, 6) is 0.534. The maximum absolute atomic E-state index is 12.2. The van der Waals surface area contributed by atoms with Crippen molar-refractivity contribution >= 4 is 29.1 Å². The number of H-pyrrole nitrogens is 1. The molecule has 11 heteroatoms. The Labute approximate surface area is 185 Å². The third-order valence-corrected chi connectivity index (χ3v) is 5.31. The van der Waals surface area contributed by atoms with Crippen LogP contribution in [-0.4, -0.2) is 39.2 Å². The summed E-state index contributed by atoms with van der Waals surface area (Å²) < 4.78 is 6.65. The van der Waals surface area contributed by atoms with E-state index in [0.717, 1.165) is 10.2 Å². The van der Waals surface area contributed by atoms with Crippen molar-refractivity contribution in [3.05, 3.63) is 78.0 Å². The lowest BCUT2D eigenvalue weighted by molar-refractivity contribution is 0.0781. The molecule has 1 aliphatic rings. The van der Waals surface area contributed by atoms with Gasteiger partial charge in [-0.1, -0.05) is 23.2 Å². The highest BCUT2D eigenvalue weighted by molar-refractivity contribution is 6.37. The monoisotopic (exact) mass is 457 g/mol. The molecular formula is C20H13Cl2N5O4. The number of carbonyl (C=O) groups is 1. The summed E-state index contributed by atoms with van der Waals surface area (Å²) >= 11 is 12.7. The molecule has 0 saturated carbocycles. The lowest BCUT2D eigenvalue weighted by Gasteiger charge is -2.25. The molecule has 0 spiro atoms. The van der Waals surface area contributed by atoms with Crippen molar-refractivity contribution in [2.45, 2.75) is 6.42 Å². The van der Waals surface area contributed by atoms with E-state index < -0.39 is 16.9 Å². The molecule has 2 aromatic carbocycles. The zero-order valence-corrected chi connectivity index (χ0v) is 17.5. The number of fused-ring (bicyclic) bond motifs is 1. The summed E-state index contributed by atoms with van der Waals surface area (Å²) in [4.78, 5) is 39.5. The third kappa shape index (κ3) is 3.79. The van der Waals surface area contributed by atoms with Gasteiger partial charge in [-0.2, -0.15) is 9.94 Å². The predicted octanol–water partition coefficient (Wildman–Crippen LogP) is 2.52. The van der Waals surface area contributed by atoms with Gasteiger partial charge in [-0.3, -0.25) is 14.6 Å². The fourth-order valence-electron chi connectivity index (χ4n) is 3.18. The van der Waals surface area contributed by atoms with Gasteiger partial charge in [0.25, 0.3) is 11.5 Å². The highest BCUT2D eigenvalue weighted by Gasteiger charge is 2.22. The van der Waals surface area contributed by atoms with Gasteiger partial charge in [-0.15, -0.1) is 5.10 Å². The number of nitrogens with one attached hydrogen (secondary N) is 1. The van der Waals surface area contributed by atoms with Crippen molar-refractivity contribution in [1.29, 1.82) is 5.26 Å². The third-order valence-electron chi connectivity index (χ3n) is 4.75. The quantitative estimate of drug-likeness (QED) is 0.644. The largest absolute Gasteiger partial charge is 0.454 e. The Bertz CT molecular complexity index is 1370. The molecule has 156 valence electrons. The molecule has 1 amide bonds. The summed E-state index contributed by atoms with van der Waals surface area (Å²) in [7, 11) is 1.75. The van der Waals surface area contributed by atoms with Crippen molar-refractivity contribution in [3.63, 3.8) is 0 Å². The Morgan fingerprint density at radius 2 is 1.87 bits per heavy atom. The molecule has 0 unspecified atom stereocenters. The number of hydrogen-bond acceptors (Lipinski definition) is 6. The summed E-state index contributed by atoms with van der Waals surface area (Å²) in [5, 5.41) is 12.8. The first kappa shape index (κ1) is 20.7. The fraction of sp³-hybridized carbons (Fsp3) is 0.150. The van der Waals surface area contributed by atoms with E-state index in [9.17, 15) is 14.4 Å². The topological polar surface area (TPSA) is 121 Å². The van der Waals surface area contributed by atoms with Crippen molar-refractivity contribution in [3.8, 4) is 23.3 Å². The summed E-state index contributed by atoms with van der Waals surface area (Å²) in [6.07, 6.45) is 0.692. The van der Waals surface area contributed by atoms with Crippen LogP contribution in [0.2, 0.25) is 10.0 Å². The molecule has 0 fully saturated rings. The summed E-state index contributed by atoms with van der Waals surface area (Å²) in [6.45, 7) is 0.608. The number of aromatic nitrogens is 3. The summed E-state index contributed by atoms with van der Waals surface area (Å²) in [6, 6.07) is 9.43. The van der Waals surface area contributed by atoms with Gasteiger partial charge in [0.15, 0.2) is 5.75 Å². The molecule has 0 atom stereocenters. The zero-order valence-electron chi connectivity index (χ0n) is 16.0. The van der Waals surface area contributed by atoms with Crippen LogP contribution in [0.1, 0.15) is 21.6 Å². The van der Waals surface area contributed by atoms with Crippen molar-refractivity contribution in [2.75, 3.05) is 13.6 Å². The predicted molar refractivity (Wildman–Crippen MR) is 112 cm³/mol. The highest BCUT2D eigenvalue weighted by atomic mass is 35.5. The number of amides is 1. The number of ether oxygens (including phenoxy) is 1. The average Bonchev–Trinajstić information content (AvgIpc) is 2.73. The van der Waals surface area contributed by atoms with E-state index in [0.29, 0.717) is 24.3 Å². The highest BCUT2D eigenvalue weighted by Crippen LogP contribution is 2.38. The van der Waals surface area contributed by atoms with Crippen LogP contribution in [0.25, 0.3) is 5.69 Å². The number of rotatable bonds is 3. The number of benzene rings is 2. The van der Waals surface area contributed by atoms with Gasteiger partial charge in [0.1, 0.15) is 11.8 Å². The Morgan fingerprint density at radius 1 is 1.16 bits per heavy atom. The van der Waals surface area contributed by atoms with Crippen LogP contribution in [0.5, 0.6) is 11.5 Å². The lowest BCUT2D eigenvalue weighted by atomic mass is 9.99. The van der Waals surface area contributed by atoms with Gasteiger partial charge in [-0.05, 0) is 42.3 Å². The second-order valence-corrected chi connectivity index (χ2v) is 7.58. The van der Waals surface area contributed by atoms with E-state index in [1.165, 1.54) is 12.1 Å². The van der Waals surface area contributed by atoms with E-state index in [1.54, 1.807) is 36.2 Å². The van der Waals surface area contributed by atoms with Gasteiger partial charge in [0.2, 0.25) is 5.69 Å². The number of hydrogen-bond donors (Lipinski definition) is 1. The van der Waals surface area contributed by atoms with Crippen LogP contribution < -0.4 is 16.0 Å². The molecule has 1 aliphatic heterocycles. The molecule has 0 bridgehead atoms. The first-order valence-corrected chi connectivity index (χ1v) is 9.73. The maximum Gasteiger partial charge on any atom is 0.349 e. The number of nitrogens with zero attached hydrogens (tertiary/aromatic N) is 4. The average molecular weight is 458 g/mol. The first-order chi connectivity index (χ1) is 14.8. The van der Waals surface area contributed by atoms with Gasteiger partial charge in [-0.25, -0.2) is 4.79 Å². The van der Waals surface area contributed by atoms with Crippen LogP contribution in [0.3, 0.4) is 0 Å². The zero-order chi connectivity index (χ0) is 22.3. The van der Waals surface area contributed by atoms with E-state index in [4.69, 9.17) is 33.2 Å². The van der Waals surface area contributed by atoms with Gasteiger partial charge in [0, 0.05) is 19.2 Å². The molecule has 31 heavy (non-hydrogen) atoms.